The fraction of sp³-hybridized carbons (Fsp3) is 0.222. The molecule has 0 bridgehead atoms. The summed E-state index contributed by atoms with van der Waals surface area (Å²) in [5.41, 5.74) is 2.43. The lowest BCUT2D eigenvalue weighted by Gasteiger charge is -2.05. The van der Waals surface area contributed by atoms with Crippen LogP contribution in [-0.2, 0) is 13.2 Å². The summed E-state index contributed by atoms with van der Waals surface area (Å²) in [7, 11) is 0. The maximum absolute atomic E-state index is 13.5. The van der Waals surface area contributed by atoms with Gasteiger partial charge in [0.15, 0.2) is 11.6 Å². The van der Waals surface area contributed by atoms with E-state index in [2.05, 4.69) is 10.4 Å². The number of halogens is 1. The lowest BCUT2D eigenvalue weighted by atomic mass is 10.3. The maximum atomic E-state index is 13.5. The van der Waals surface area contributed by atoms with Crippen molar-refractivity contribution in [2.24, 2.45) is 0 Å². The molecule has 1 N–H and O–H groups in total. The highest BCUT2D eigenvalue weighted by Gasteiger charge is 2.13. The van der Waals surface area contributed by atoms with Gasteiger partial charge in [-0.15, -0.1) is 11.3 Å². The van der Waals surface area contributed by atoms with Crippen LogP contribution in [0.2, 0.25) is 0 Å². The van der Waals surface area contributed by atoms with Crippen LogP contribution in [0, 0.1) is 12.7 Å². The summed E-state index contributed by atoms with van der Waals surface area (Å²) < 4.78 is 20.8. The molecule has 1 amide bonds. The third kappa shape index (κ3) is 3.88. The number of carbonyl (C=O) groups excluding carboxylic acids is 1. The molecule has 0 saturated carbocycles. The molecule has 0 aliphatic carbocycles. The molecule has 0 unspecified atom stereocenters. The van der Waals surface area contributed by atoms with Crippen LogP contribution in [0.3, 0.4) is 0 Å². The Balaban J connectivity index is 1.63. The number of benzene rings is 1. The molecule has 3 aromatic rings. The largest absolute Gasteiger partial charge is 0.486 e. The maximum Gasteiger partial charge on any atom is 0.265 e. The molecule has 130 valence electrons. The summed E-state index contributed by atoms with van der Waals surface area (Å²) in [4.78, 5) is 12.9. The quantitative estimate of drug-likeness (QED) is 0.716. The van der Waals surface area contributed by atoms with Gasteiger partial charge in [-0.05, 0) is 37.4 Å². The number of aryl methyl sites for hydroxylation is 1. The summed E-state index contributed by atoms with van der Waals surface area (Å²) in [5.74, 6) is -0.401. The van der Waals surface area contributed by atoms with E-state index in [4.69, 9.17) is 4.74 Å². The third-order valence-electron chi connectivity index (χ3n) is 3.76. The first-order valence-corrected chi connectivity index (χ1v) is 8.75. The molecule has 0 atom stereocenters. The number of thiophene rings is 1. The summed E-state index contributed by atoms with van der Waals surface area (Å²) in [5, 5.41) is 8.90. The van der Waals surface area contributed by atoms with Crippen molar-refractivity contribution in [1.82, 2.24) is 9.78 Å². The van der Waals surface area contributed by atoms with Crippen LogP contribution in [0.5, 0.6) is 5.75 Å². The van der Waals surface area contributed by atoms with Crippen LogP contribution >= 0.6 is 11.3 Å². The van der Waals surface area contributed by atoms with Gasteiger partial charge in [0.2, 0.25) is 0 Å². The highest BCUT2D eigenvalue weighted by molar-refractivity contribution is 7.12. The van der Waals surface area contributed by atoms with E-state index < -0.39 is 5.82 Å². The van der Waals surface area contributed by atoms with Gasteiger partial charge in [0.05, 0.1) is 22.5 Å². The fourth-order valence-corrected chi connectivity index (χ4v) is 3.16. The Morgan fingerprint density at radius 1 is 1.40 bits per heavy atom. The lowest BCUT2D eigenvalue weighted by molar-refractivity contribution is 0.103. The Kier molecular flexibility index (Phi) is 5.14. The molecule has 25 heavy (non-hydrogen) atoms. The molecule has 0 fully saturated rings. The molecule has 2 aromatic heterocycles. The number of nitrogens with one attached hydrogen (secondary N) is 1. The van der Waals surface area contributed by atoms with Gasteiger partial charge in [-0.1, -0.05) is 12.1 Å². The van der Waals surface area contributed by atoms with Gasteiger partial charge in [-0.25, -0.2) is 4.39 Å². The van der Waals surface area contributed by atoms with Crippen LogP contribution < -0.4 is 10.1 Å². The van der Waals surface area contributed by atoms with Crippen molar-refractivity contribution in [3.05, 3.63) is 63.9 Å². The number of carbonyl (C=O) groups is 1. The van der Waals surface area contributed by atoms with Gasteiger partial charge in [0.25, 0.3) is 5.91 Å². The van der Waals surface area contributed by atoms with Crippen LogP contribution in [0.15, 0.2) is 41.9 Å². The molecule has 0 saturated heterocycles. The summed E-state index contributed by atoms with van der Waals surface area (Å²) in [6.45, 7) is 4.86. The van der Waals surface area contributed by atoms with E-state index in [9.17, 15) is 9.18 Å². The molecule has 0 radical (unpaired) electrons. The molecule has 0 aliphatic rings. The minimum Gasteiger partial charge on any atom is -0.486 e. The molecule has 7 heteroatoms. The van der Waals surface area contributed by atoms with Crippen LogP contribution in [0.25, 0.3) is 0 Å². The standard InChI is InChI=1S/C18H18FN3O2S/c1-3-22-12(2)15(9-20-22)21-18(23)17-8-13(11-25-17)10-24-16-7-5-4-6-14(16)19/h4-9,11H,3,10H2,1-2H3,(H,21,23). The first-order chi connectivity index (χ1) is 12.1. The number of aromatic nitrogens is 2. The minimum atomic E-state index is -0.404. The van der Waals surface area contributed by atoms with Crippen LogP contribution in [0.4, 0.5) is 10.1 Å². The van der Waals surface area contributed by atoms with E-state index in [1.807, 2.05) is 23.9 Å². The SMILES string of the molecule is CCn1ncc(NC(=O)c2cc(COc3ccccc3F)cs2)c1C. The van der Waals surface area contributed by atoms with Crippen molar-refractivity contribution in [1.29, 1.82) is 0 Å². The van der Waals surface area contributed by atoms with E-state index >= 15 is 0 Å². The van der Waals surface area contributed by atoms with E-state index in [1.165, 1.54) is 17.4 Å². The van der Waals surface area contributed by atoms with Gasteiger partial charge in [0, 0.05) is 12.1 Å². The first kappa shape index (κ1) is 17.2. The summed E-state index contributed by atoms with van der Waals surface area (Å²) in [6, 6.07) is 7.99. The van der Waals surface area contributed by atoms with Crippen molar-refractivity contribution in [2.45, 2.75) is 27.0 Å². The molecule has 3 rings (SSSR count). The molecular weight excluding hydrogens is 341 g/mol. The Labute approximate surface area is 149 Å². The fourth-order valence-electron chi connectivity index (χ4n) is 2.37. The van der Waals surface area contributed by atoms with Crippen molar-refractivity contribution in [2.75, 3.05) is 5.32 Å². The Morgan fingerprint density at radius 3 is 2.92 bits per heavy atom. The number of anilines is 1. The molecule has 1 aromatic carbocycles. The Morgan fingerprint density at radius 2 is 2.20 bits per heavy atom. The van der Waals surface area contributed by atoms with Crippen molar-refractivity contribution in [3.8, 4) is 5.75 Å². The normalized spacial score (nSPS) is 10.7. The number of nitrogens with zero attached hydrogens (tertiary/aromatic N) is 2. The van der Waals surface area contributed by atoms with Crippen LogP contribution in [0.1, 0.15) is 27.9 Å². The first-order valence-electron chi connectivity index (χ1n) is 7.87. The number of ether oxygens (including phenoxy) is 1. The monoisotopic (exact) mass is 359 g/mol. The molecule has 0 spiro atoms. The second kappa shape index (κ2) is 7.48. The number of rotatable bonds is 6. The van der Waals surface area contributed by atoms with E-state index in [1.54, 1.807) is 30.5 Å². The minimum absolute atomic E-state index is 0.194. The Bertz CT molecular complexity index is 888. The van der Waals surface area contributed by atoms with Gasteiger partial charge in [-0.3, -0.25) is 9.48 Å². The van der Waals surface area contributed by atoms with Crippen molar-refractivity contribution < 1.29 is 13.9 Å². The van der Waals surface area contributed by atoms with E-state index in [-0.39, 0.29) is 18.3 Å². The van der Waals surface area contributed by atoms with E-state index in [0.717, 1.165) is 17.8 Å². The van der Waals surface area contributed by atoms with Gasteiger partial charge in [-0.2, -0.15) is 5.10 Å². The summed E-state index contributed by atoms with van der Waals surface area (Å²) in [6.07, 6.45) is 1.65. The third-order valence-corrected chi connectivity index (χ3v) is 4.74. The smallest absolute Gasteiger partial charge is 0.265 e. The number of para-hydroxylation sites is 1. The predicted octanol–water partition coefficient (Wildman–Crippen LogP) is 4.24. The van der Waals surface area contributed by atoms with Gasteiger partial charge >= 0.3 is 0 Å². The predicted molar refractivity (Wildman–Crippen MR) is 95.6 cm³/mol. The van der Waals surface area contributed by atoms with Crippen molar-refractivity contribution >= 4 is 22.9 Å². The molecule has 0 aliphatic heterocycles. The highest BCUT2D eigenvalue weighted by Crippen LogP contribution is 2.21. The van der Waals surface area contributed by atoms with E-state index in [0.29, 0.717) is 10.6 Å². The second-order valence-electron chi connectivity index (χ2n) is 5.45. The molecule has 2 heterocycles. The van der Waals surface area contributed by atoms with Gasteiger partial charge in [0.1, 0.15) is 6.61 Å². The zero-order chi connectivity index (χ0) is 17.8. The number of hydrogen-bond acceptors (Lipinski definition) is 4. The van der Waals surface area contributed by atoms with Gasteiger partial charge < -0.3 is 10.1 Å². The second-order valence-corrected chi connectivity index (χ2v) is 6.36. The molecular formula is C18H18FN3O2S. The molecule has 5 nitrogen and oxygen atoms in total. The topological polar surface area (TPSA) is 56.2 Å². The zero-order valence-corrected chi connectivity index (χ0v) is 14.8. The zero-order valence-electron chi connectivity index (χ0n) is 14.0. The average Bonchev–Trinajstić information content (AvgIpc) is 3.22. The number of hydrogen-bond donors (Lipinski definition) is 1. The van der Waals surface area contributed by atoms with Crippen molar-refractivity contribution in [3.63, 3.8) is 0 Å². The number of amides is 1. The lowest BCUT2D eigenvalue weighted by Crippen LogP contribution is -2.11. The van der Waals surface area contributed by atoms with Crippen LogP contribution in [-0.4, -0.2) is 15.7 Å². The summed E-state index contributed by atoms with van der Waals surface area (Å²) >= 11 is 1.32. The Hall–Kier alpha value is -2.67. The highest BCUT2D eigenvalue weighted by atomic mass is 32.1. The average molecular weight is 359 g/mol.